The second kappa shape index (κ2) is 9.01. The Bertz CT molecular complexity index is 1050. The standard InChI is InChI=1S/C23H26N4O2/c28-22-16-25-27(21-10-4-3-9-20(21)22)14-11-23(29)24-15-18-7-1-2-8-19(18)17-26-12-5-6-13-26/h1-4,7-10,16H,5-6,11-15,17H2,(H,24,29). The number of nitrogens with one attached hydrogen (secondary N) is 1. The lowest BCUT2D eigenvalue weighted by atomic mass is 10.1. The monoisotopic (exact) mass is 390 g/mol. The Hall–Kier alpha value is -2.99. The van der Waals surface area contributed by atoms with Crippen LogP contribution in [0.1, 0.15) is 30.4 Å². The van der Waals surface area contributed by atoms with Crippen molar-refractivity contribution in [2.45, 2.75) is 38.9 Å². The highest BCUT2D eigenvalue weighted by molar-refractivity contribution is 5.79. The van der Waals surface area contributed by atoms with Crippen LogP contribution in [0.2, 0.25) is 0 Å². The van der Waals surface area contributed by atoms with Crippen LogP contribution < -0.4 is 10.7 Å². The number of hydrogen-bond donors (Lipinski definition) is 1. The fourth-order valence-corrected chi connectivity index (χ4v) is 3.89. The quantitative estimate of drug-likeness (QED) is 0.674. The van der Waals surface area contributed by atoms with Gasteiger partial charge in [-0.05, 0) is 49.2 Å². The molecule has 6 nitrogen and oxygen atoms in total. The van der Waals surface area contributed by atoms with E-state index in [1.807, 2.05) is 24.3 Å². The summed E-state index contributed by atoms with van der Waals surface area (Å²) in [4.78, 5) is 26.8. The zero-order valence-electron chi connectivity index (χ0n) is 16.5. The van der Waals surface area contributed by atoms with Crippen molar-refractivity contribution >= 4 is 16.8 Å². The van der Waals surface area contributed by atoms with Gasteiger partial charge in [-0.15, -0.1) is 0 Å². The van der Waals surface area contributed by atoms with Gasteiger partial charge in [0.05, 0.1) is 18.3 Å². The van der Waals surface area contributed by atoms with E-state index in [2.05, 4.69) is 33.5 Å². The minimum Gasteiger partial charge on any atom is -0.352 e. The Kier molecular flexibility index (Phi) is 6.00. The highest BCUT2D eigenvalue weighted by Gasteiger charge is 2.14. The molecule has 0 unspecified atom stereocenters. The first-order valence-corrected chi connectivity index (χ1v) is 10.2. The van der Waals surface area contributed by atoms with E-state index in [1.165, 1.54) is 30.2 Å². The Morgan fingerprint density at radius 2 is 1.72 bits per heavy atom. The average Bonchev–Trinajstić information content (AvgIpc) is 3.26. The van der Waals surface area contributed by atoms with E-state index in [9.17, 15) is 9.59 Å². The van der Waals surface area contributed by atoms with E-state index in [0.29, 0.717) is 24.9 Å². The smallest absolute Gasteiger partial charge is 0.222 e. The van der Waals surface area contributed by atoms with E-state index in [1.54, 1.807) is 10.7 Å². The molecule has 0 spiro atoms. The SMILES string of the molecule is O=C(CCn1ncc(=O)c2ccccc21)NCc1ccccc1CN1CCCC1. The summed E-state index contributed by atoms with van der Waals surface area (Å²) in [5, 5.41) is 7.84. The molecule has 1 amide bonds. The molecule has 0 atom stereocenters. The molecule has 4 rings (SSSR count). The number of rotatable bonds is 7. The van der Waals surface area contributed by atoms with Gasteiger partial charge in [-0.25, -0.2) is 0 Å². The first kappa shape index (κ1) is 19.3. The molecular formula is C23H26N4O2. The summed E-state index contributed by atoms with van der Waals surface area (Å²) in [5.74, 6) is -0.0226. The first-order valence-electron chi connectivity index (χ1n) is 10.2. The second-order valence-corrected chi connectivity index (χ2v) is 7.53. The van der Waals surface area contributed by atoms with Crippen LogP contribution in [-0.4, -0.2) is 33.7 Å². The van der Waals surface area contributed by atoms with Crippen LogP contribution in [0.5, 0.6) is 0 Å². The van der Waals surface area contributed by atoms with Gasteiger partial charge in [0, 0.05) is 24.9 Å². The number of amides is 1. The van der Waals surface area contributed by atoms with Gasteiger partial charge in [-0.3, -0.25) is 19.2 Å². The zero-order chi connectivity index (χ0) is 20.1. The lowest BCUT2D eigenvalue weighted by Gasteiger charge is -2.17. The van der Waals surface area contributed by atoms with Crippen molar-refractivity contribution in [2.24, 2.45) is 0 Å². The number of aryl methyl sites for hydroxylation is 1. The van der Waals surface area contributed by atoms with Gasteiger partial charge in [-0.2, -0.15) is 5.10 Å². The maximum atomic E-state index is 12.4. The van der Waals surface area contributed by atoms with Crippen LogP contribution in [0.15, 0.2) is 59.5 Å². The molecule has 2 aromatic carbocycles. The summed E-state index contributed by atoms with van der Waals surface area (Å²) in [7, 11) is 0. The van der Waals surface area contributed by atoms with Crippen LogP contribution >= 0.6 is 0 Å². The average molecular weight is 390 g/mol. The van der Waals surface area contributed by atoms with E-state index in [-0.39, 0.29) is 11.3 Å². The first-order chi connectivity index (χ1) is 14.2. The zero-order valence-corrected chi connectivity index (χ0v) is 16.5. The summed E-state index contributed by atoms with van der Waals surface area (Å²) in [6.45, 7) is 4.21. The second-order valence-electron chi connectivity index (χ2n) is 7.53. The maximum absolute atomic E-state index is 12.4. The van der Waals surface area contributed by atoms with Gasteiger partial charge < -0.3 is 5.32 Å². The van der Waals surface area contributed by atoms with Crippen molar-refractivity contribution < 1.29 is 4.79 Å². The molecule has 1 N–H and O–H groups in total. The molecule has 3 aromatic rings. The normalized spacial score (nSPS) is 14.3. The van der Waals surface area contributed by atoms with Crippen LogP contribution in [0.3, 0.4) is 0 Å². The molecule has 0 bridgehead atoms. The third-order valence-corrected chi connectivity index (χ3v) is 5.50. The fraction of sp³-hybridized carbons (Fsp3) is 0.348. The molecule has 0 aliphatic carbocycles. The number of carbonyl (C=O) groups excluding carboxylic acids is 1. The summed E-state index contributed by atoms with van der Waals surface area (Å²) >= 11 is 0. The van der Waals surface area contributed by atoms with Crippen LogP contribution in [0.25, 0.3) is 10.9 Å². The molecule has 1 fully saturated rings. The lowest BCUT2D eigenvalue weighted by Crippen LogP contribution is -2.26. The predicted octanol–water partition coefficient (Wildman–Crippen LogP) is 2.70. The van der Waals surface area contributed by atoms with Gasteiger partial charge in [0.15, 0.2) is 0 Å². The highest BCUT2D eigenvalue weighted by atomic mass is 16.1. The van der Waals surface area contributed by atoms with Crippen LogP contribution in [0, 0.1) is 0 Å². The van der Waals surface area contributed by atoms with Crippen molar-refractivity contribution in [3.05, 3.63) is 76.1 Å². The topological polar surface area (TPSA) is 67.2 Å². The Morgan fingerprint density at radius 3 is 2.55 bits per heavy atom. The number of carbonyl (C=O) groups is 1. The Morgan fingerprint density at radius 1 is 1.00 bits per heavy atom. The molecule has 0 saturated carbocycles. The summed E-state index contributed by atoms with van der Waals surface area (Å²) in [6.07, 6.45) is 4.17. The number of para-hydroxylation sites is 1. The number of hydrogen-bond acceptors (Lipinski definition) is 4. The Balaban J connectivity index is 1.36. The van der Waals surface area contributed by atoms with Crippen LogP contribution in [0.4, 0.5) is 0 Å². The van der Waals surface area contributed by atoms with Crippen molar-refractivity contribution in [3.8, 4) is 0 Å². The molecule has 2 heterocycles. The molecule has 1 aliphatic rings. The van der Waals surface area contributed by atoms with E-state index < -0.39 is 0 Å². The minimum atomic E-state index is -0.101. The number of nitrogens with zero attached hydrogens (tertiary/aromatic N) is 3. The largest absolute Gasteiger partial charge is 0.352 e. The molecular weight excluding hydrogens is 364 g/mol. The molecule has 1 aliphatic heterocycles. The summed E-state index contributed by atoms with van der Waals surface area (Å²) in [5.41, 5.74) is 3.10. The third kappa shape index (κ3) is 4.71. The predicted molar refractivity (Wildman–Crippen MR) is 113 cm³/mol. The van der Waals surface area contributed by atoms with E-state index in [4.69, 9.17) is 0 Å². The number of likely N-dealkylation sites (tertiary alicyclic amines) is 1. The van der Waals surface area contributed by atoms with Crippen LogP contribution in [-0.2, 0) is 24.4 Å². The van der Waals surface area contributed by atoms with Gasteiger partial charge in [0.1, 0.15) is 0 Å². The molecule has 1 aromatic heterocycles. The molecule has 1 saturated heterocycles. The minimum absolute atomic E-state index is 0.0226. The molecule has 6 heteroatoms. The maximum Gasteiger partial charge on any atom is 0.222 e. The van der Waals surface area contributed by atoms with Gasteiger partial charge >= 0.3 is 0 Å². The van der Waals surface area contributed by atoms with Crippen molar-refractivity contribution in [1.82, 2.24) is 20.0 Å². The number of aromatic nitrogens is 2. The van der Waals surface area contributed by atoms with Gasteiger partial charge in [0.2, 0.25) is 11.3 Å². The molecule has 0 radical (unpaired) electrons. The van der Waals surface area contributed by atoms with Gasteiger partial charge in [-0.1, -0.05) is 36.4 Å². The fourth-order valence-electron chi connectivity index (χ4n) is 3.89. The third-order valence-electron chi connectivity index (χ3n) is 5.50. The van der Waals surface area contributed by atoms with Crippen molar-refractivity contribution in [3.63, 3.8) is 0 Å². The van der Waals surface area contributed by atoms with Gasteiger partial charge in [0.25, 0.3) is 0 Å². The highest BCUT2D eigenvalue weighted by Crippen LogP contribution is 2.16. The summed E-state index contributed by atoms with van der Waals surface area (Å²) in [6, 6.07) is 15.7. The Labute approximate surface area is 170 Å². The van der Waals surface area contributed by atoms with E-state index in [0.717, 1.165) is 25.2 Å². The van der Waals surface area contributed by atoms with Crippen molar-refractivity contribution in [1.29, 1.82) is 0 Å². The summed E-state index contributed by atoms with van der Waals surface area (Å²) < 4.78 is 1.72. The lowest BCUT2D eigenvalue weighted by molar-refractivity contribution is -0.121. The molecule has 29 heavy (non-hydrogen) atoms. The molecule has 150 valence electrons. The van der Waals surface area contributed by atoms with Crippen molar-refractivity contribution in [2.75, 3.05) is 13.1 Å². The number of fused-ring (bicyclic) bond motifs is 1. The van der Waals surface area contributed by atoms with E-state index >= 15 is 0 Å². The number of benzene rings is 2.